The van der Waals surface area contributed by atoms with E-state index in [1.165, 1.54) is 0 Å². The van der Waals surface area contributed by atoms with E-state index in [-0.39, 0.29) is 5.56 Å². The Hall–Kier alpha value is -3.26. The molecule has 0 unspecified atom stereocenters. The minimum atomic E-state index is -0.108. The molecule has 1 saturated heterocycles. The molecule has 0 bridgehead atoms. The van der Waals surface area contributed by atoms with Crippen LogP contribution < -0.4 is 15.8 Å². The van der Waals surface area contributed by atoms with Crippen molar-refractivity contribution in [1.82, 2.24) is 29.3 Å². The Morgan fingerprint density at radius 2 is 1.90 bits per heavy atom. The van der Waals surface area contributed by atoms with Gasteiger partial charge < -0.3 is 10.2 Å². The van der Waals surface area contributed by atoms with Gasteiger partial charge in [0.1, 0.15) is 11.3 Å². The summed E-state index contributed by atoms with van der Waals surface area (Å²) >= 11 is 0. The fourth-order valence-electron chi connectivity index (χ4n) is 3.93. The van der Waals surface area contributed by atoms with E-state index >= 15 is 0 Å². The third kappa shape index (κ3) is 3.25. The molecule has 29 heavy (non-hydrogen) atoms. The zero-order valence-electron chi connectivity index (χ0n) is 16.6. The van der Waals surface area contributed by atoms with Crippen molar-refractivity contribution in [2.75, 3.05) is 31.1 Å². The molecule has 4 aromatic heterocycles. The van der Waals surface area contributed by atoms with Gasteiger partial charge >= 0.3 is 0 Å². The number of nitrogens with zero attached hydrogens (tertiary/aromatic N) is 6. The van der Waals surface area contributed by atoms with E-state index in [0.29, 0.717) is 17.0 Å². The summed E-state index contributed by atoms with van der Waals surface area (Å²) in [6, 6.07) is 7.43. The van der Waals surface area contributed by atoms with Gasteiger partial charge in [0.05, 0.1) is 34.5 Å². The summed E-state index contributed by atoms with van der Waals surface area (Å²) < 4.78 is 3.41. The second-order valence-corrected chi connectivity index (χ2v) is 7.51. The topological polar surface area (TPSA) is 79.8 Å². The van der Waals surface area contributed by atoms with Crippen molar-refractivity contribution in [2.24, 2.45) is 0 Å². The zero-order valence-corrected chi connectivity index (χ0v) is 16.6. The Morgan fingerprint density at radius 3 is 2.79 bits per heavy atom. The Balaban J connectivity index is 1.57. The number of hydrogen-bond acceptors (Lipinski definition) is 6. The van der Waals surface area contributed by atoms with Gasteiger partial charge in [-0.15, -0.1) is 0 Å². The fourth-order valence-corrected chi connectivity index (χ4v) is 3.93. The van der Waals surface area contributed by atoms with Crippen LogP contribution in [0.15, 0.2) is 41.5 Å². The molecule has 0 aromatic carbocycles. The van der Waals surface area contributed by atoms with Crippen molar-refractivity contribution in [2.45, 2.75) is 20.3 Å². The number of pyridine rings is 1. The number of rotatable bonds is 2. The highest BCUT2D eigenvalue weighted by atomic mass is 16.1. The van der Waals surface area contributed by atoms with Gasteiger partial charge in [-0.05, 0) is 45.0 Å². The molecular weight excluding hydrogens is 366 g/mol. The summed E-state index contributed by atoms with van der Waals surface area (Å²) in [5, 5.41) is 8.01. The normalized spacial score (nSPS) is 15.2. The third-order valence-corrected chi connectivity index (χ3v) is 5.37. The van der Waals surface area contributed by atoms with Gasteiger partial charge in [0, 0.05) is 31.9 Å². The molecule has 1 fully saturated rings. The first-order valence-electron chi connectivity index (χ1n) is 9.92. The second-order valence-electron chi connectivity index (χ2n) is 7.51. The van der Waals surface area contributed by atoms with E-state index in [9.17, 15) is 4.79 Å². The summed E-state index contributed by atoms with van der Waals surface area (Å²) in [5.41, 5.74) is 5.51. The van der Waals surface area contributed by atoms with Crippen LogP contribution in [-0.2, 0) is 0 Å². The number of anilines is 1. The Morgan fingerprint density at radius 1 is 1.00 bits per heavy atom. The lowest BCUT2D eigenvalue weighted by molar-refractivity contribution is 0.724. The van der Waals surface area contributed by atoms with Crippen molar-refractivity contribution >= 4 is 16.9 Å². The predicted molar refractivity (Wildman–Crippen MR) is 113 cm³/mol. The Kier molecular flexibility index (Phi) is 4.28. The molecule has 0 spiro atoms. The molecule has 4 aromatic rings. The molecule has 5 heterocycles. The minimum absolute atomic E-state index is 0.108. The number of nitrogens with one attached hydrogen (secondary N) is 1. The van der Waals surface area contributed by atoms with E-state index in [2.05, 4.69) is 20.3 Å². The van der Waals surface area contributed by atoms with Gasteiger partial charge in [-0.3, -0.25) is 14.2 Å². The van der Waals surface area contributed by atoms with Gasteiger partial charge in [0.25, 0.3) is 5.56 Å². The van der Waals surface area contributed by atoms with E-state index in [4.69, 9.17) is 4.98 Å². The Bertz CT molecular complexity index is 1270. The van der Waals surface area contributed by atoms with Crippen LogP contribution in [0.25, 0.3) is 22.6 Å². The van der Waals surface area contributed by atoms with Crippen molar-refractivity contribution < 1.29 is 0 Å². The number of aromatic nitrogens is 5. The summed E-state index contributed by atoms with van der Waals surface area (Å²) in [7, 11) is 0. The van der Waals surface area contributed by atoms with Crippen LogP contribution in [0, 0.1) is 13.8 Å². The monoisotopic (exact) mass is 389 g/mol. The molecule has 1 aliphatic rings. The quantitative estimate of drug-likeness (QED) is 0.563. The van der Waals surface area contributed by atoms with Crippen LogP contribution in [0.2, 0.25) is 0 Å². The maximum absolute atomic E-state index is 12.9. The van der Waals surface area contributed by atoms with Crippen molar-refractivity contribution in [3.8, 4) is 11.4 Å². The molecule has 8 nitrogen and oxygen atoms in total. The molecule has 8 heteroatoms. The highest BCUT2D eigenvalue weighted by Crippen LogP contribution is 2.21. The lowest BCUT2D eigenvalue weighted by Gasteiger charge is -2.22. The van der Waals surface area contributed by atoms with Gasteiger partial charge in [-0.25, -0.2) is 9.50 Å². The average molecular weight is 389 g/mol. The fraction of sp³-hybridized carbons (Fsp3) is 0.333. The van der Waals surface area contributed by atoms with Crippen molar-refractivity contribution in [3.05, 3.63) is 58.4 Å². The number of aryl methyl sites for hydroxylation is 2. The summed E-state index contributed by atoms with van der Waals surface area (Å²) in [6.45, 7) is 7.78. The molecule has 1 aliphatic heterocycles. The first-order chi connectivity index (χ1) is 14.1. The molecule has 0 atom stereocenters. The van der Waals surface area contributed by atoms with Gasteiger partial charge in [-0.1, -0.05) is 0 Å². The second kappa shape index (κ2) is 6.97. The molecule has 0 radical (unpaired) electrons. The highest BCUT2D eigenvalue weighted by molar-refractivity contribution is 5.66. The summed E-state index contributed by atoms with van der Waals surface area (Å²) in [5.74, 6) is 0. The average Bonchev–Trinajstić information content (AvgIpc) is 2.94. The van der Waals surface area contributed by atoms with Crippen LogP contribution in [0.5, 0.6) is 0 Å². The molecule has 1 N–H and O–H groups in total. The molecule has 0 saturated carbocycles. The standard InChI is InChI=1S/C21H23N7O/c1-14-12-28-19(15(2)23-14)10-18(25-28)17-11-21(29)27-13-16(4-5-20(27)24-17)26-8-3-6-22-7-9-26/h4-5,10-13,22H,3,6-9H2,1-2H3. The van der Waals surface area contributed by atoms with E-state index in [0.717, 1.165) is 55.2 Å². The first kappa shape index (κ1) is 17.8. The van der Waals surface area contributed by atoms with Crippen LogP contribution in [0.4, 0.5) is 5.69 Å². The van der Waals surface area contributed by atoms with E-state index in [1.54, 1.807) is 15.0 Å². The van der Waals surface area contributed by atoms with Crippen LogP contribution in [0.3, 0.4) is 0 Å². The first-order valence-corrected chi connectivity index (χ1v) is 9.92. The van der Waals surface area contributed by atoms with E-state index < -0.39 is 0 Å². The molecule has 0 aliphatic carbocycles. The van der Waals surface area contributed by atoms with Crippen LogP contribution in [-0.4, -0.2) is 50.2 Å². The number of fused-ring (bicyclic) bond motifs is 2. The minimum Gasteiger partial charge on any atom is -0.369 e. The largest absolute Gasteiger partial charge is 0.369 e. The highest BCUT2D eigenvalue weighted by Gasteiger charge is 2.14. The SMILES string of the molecule is Cc1cn2nc(-c3cc(=O)n4cc(N5CCCNCC5)ccc4n3)cc2c(C)n1. The van der Waals surface area contributed by atoms with Crippen LogP contribution >= 0.6 is 0 Å². The summed E-state index contributed by atoms with van der Waals surface area (Å²) in [6.07, 6.45) is 4.86. The maximum atomic E-state index is 12.9. The van der Waals surface area contributed by atoms with Crippen molar-refractivity contribution in [3.63, 3.8) is 0 Å². The number of hydrogen-bond donors (Lipinski definition) is 1. The predicted octanol–water partition coefficient (Wildman–Crippen LogP) is 1.82. The smallest absolute Gasteiger partial charge is 0.258 e. The lowest BCUT2D eigenvalue weighted by Crippen LogP contribution is -2.28. The van der Waals surface area contributed by atoms with Gasteiger partial charge in [0.2, 0.25) is 0 Å². The van der Waals surface area contributed by atoms with Gasteiger partial charge in [0.15, 0.2) is 0 Å². The molecule has 148 valence electrons. The Labute approximate surface area is 167 Å². The lowest BCUT2D eigenvalue weighted by atomic mass is 10.2. The van der Waals surface area contributed by atoms with Crippen LogP contribution in [0.1, 0.15) is 17.8 Å². The molecule has 0 amide bonds. The molecular formula is C21H23N7O. The van der Waals surface area contributed by atoms with Crippen molar-refractivity contribution in [1.29, 1.82) is 0 Å². The van der Waals surface area contributed by atoms with E-state index in [1.807, 2.05) is 44.4 Å². The van der Waals surface area contributed by atoms with Gasteiger partial charge in [-0.2, -0.15) is 5.10 Å². The molecule has 5 rings (SSSR count). The zero-order chi connectivity index (χ0) is 20.0. The third-order valence-electron chi connectivity index (χ3n) is 5.37. The summed E-state index contributed by atoms with van der Waals surface area (Å²) in [4.78, 5) is 24.3. The maximum Gasteiger partial charge on any atom is 0.258 e.